The van der Waals surface area contributed by atoms with Crippen LogP contribution in [0.25, 0.3) is 0 Å². The average molecular weight is 534 g/mol. The molecule has 3 N–H and O–H groups in total. The van der Waals surface area contributed by atoms with Gasteiger partial charge in [0.05, 0.1) is 7.11 Å². The van der Waals surface area contributed by atoms with E-state index in [1.54, 1.807) is 13.2 Å². The molecule has 1 fully saturated rings. The molecule has 0 atom stereocenters. The first kappa shape index (κ1) is 29.7. The zero-order valence-corrected chi connectivity index (χ0v) is 23.1. The maximum Gasteiger partial charge on any atom is 0.227 e. The van der Waals surface area contributed by atoms with E-state index < -0.39 is 0 Å². The van der Waals surface area contributed by atoms with Crippen molar-refractivity contribution in [3.05, 3.63) is 51.5 Å². The molecule has 0 aliphatic heterocycles. The van der Waals surface area contributed by atoms with E-state index in [9.17, 15) is 9.59 Å². The summed E-state index contributed by atoms with van der Waals surface area (Å²) in [5, 5.41) is 3.03. The molecule has 2 aromatic rings. The molecule has 1 amide bonds. The van der Waals surface area contributed by atoms with Crippen molar-refractivity contribution in [3.8, 4) is 5.75 Å². The van der Waals surface area contributed by atoms with Gasteiger partial charge in [-0.15, -0.1) is 0 Å². The number of carbonyl (C=O) groups is 2. The summed E-state index contributed by atoms with van der Waals surface area (Å²) in [7, 11) is 1.65. The van der Waals surface area contributed by atoms with Crippen molar-refractivity contribution >= 4 is 39.5 Å². The number of anilines is 2. The Morgan fingerprint density at radius 1 is 1.15 bits per heavy atom. The minimum absolute atomic E-state index is 0.158. The average Bonchev–Trinajstić information content (AvgIpc) is 2.86. The van der Waals surface area contributed by atoms with Crippen LogP contribution in [0.2, 0.25) is 0 Å². The van der Waals surface area contributed by atoms with Crippen molar-refractivity contribution in [3.63, 3.8) is 0 Å². The molecule has 0 radical (unpaired) electrons. The molecular weight excluding hydrogens is 492 g/mol. The number of amides is 1. The van der Waals surface area contributed by atoms with E-state index in [2.05, 4.69) is 28.2 Å². The molecule has 1 aliphatic rings. The van der Waals surface area contributed by atoms with Crippen molar-refractivity contribution in [1.29, 1.82) is 0 Å². The number of rotatable bonds is 6. The lowest BCUT2D eigenvalue weighted by Crippen LogP contribution is -2.27. The van der Waals surface area contributed by atoms with Gasteiger partial charge in [-0.2, -0.15) is 0 Å². The van der Waals surface area contributed by atoms with Crippen LogP contribution < -0.4 is 15.8 Å². The van der Waals surface area contributed by atoms with Crippen molar-refractivity contribution in [2.75, 3.05) is 18.2 Å². The lowest BCUT2D eigenvalue weighted by molar-refractivity contribution is -0.121. The minimum Gasteiger partial charge on any atom is -0.496 e. The standard InChI is InChI=1S/C17H25NO2.C9H10BrNO.C2H6/c1-4-13-6-8-14(9-7-13)17(19)18-15-10-5-12(2)16(11-15)20-3;1-2-8-6(5-12)3-7(11)4-9(8)10;1-2/h5,10-11,13-14H,4,6-9H2,1-3H3,(H,18,19);3-5H,2,11H2,1H3;1-2H3. The first-order valence-corrected chi connectivity index (χ1v) is 13.1. The second kappa shape index (κ2) is 15.5. The molecule has 6 heteroatoms. The second-order valence-electron chi connectivity index (χ2n) is 8.34. The molecular formula is C28H41BrN2O3. The highest BCUT2D eigenvalue weighted by Crippen LogP contribution is 2.32. The minimum atomic E-state index is 0.158. The van der Waals surface area contributed by atoms with Crippen molar-refractivity contribution < 1.29 is 14.3 Å². The summed E-state index contributed by atoms with van der Waals surface area (Å²) in [6, 6.07) is 9.31. The third-order valence-electron chi connectivity index (χ3n) is 6.20. The van der Waals surface area contributed by atoms with Crippen LogP contribution in [0.15, 0.2) is 34.8 Å². The van der Waals surface area contributed by atoms with E-state index in [1.165, 1.54) is 19.3 Å². The van der Waals surface area contributed by atoms with Gasteiger partial charge in [0.25, 0.3) is 0 Å². The molecule has 188 valence electrons. The molecule has 1 saturated carbocycles. The first-order valence-electron chi connectivity index (χ1n) is 12.3. The van der Waals surface area contributed by atoms with Crippen molar-refractivity contribution in [1.82, 2.24) is 0 Å². The number of benzene rings is 2. The molecule has 0 heterocycles. The molecule has 2 aromatic carbocycles. The predicted molar refractivity (Wildman–Crippen MR) is 147 cm³/mol. The monoisotopic (exact) mass is 532 g/mol. The first-order chi connectivity index (χ1) is 16.3. The molecule has 0 bridgehead atoms. The summed E-state index contributed by atoms with van der Waals surface area (Å²) < 4.78 is 6.20. The predicted octanol–water partition coefficient (Wildman–Crippen LogP) is 7.59. The van der Waals surface area contributed by atoms with Crippen LogP contribution in [0.1, 0.15) is 81.3 Å². The Labute approximate surface area is 214 Å². The van der Waals surface area contributed by atoms with Crippen molar-refractivity contribution in [2.24, 2.45) is 11.8 Å². The molecule has 0 saturated heterocycles. The number of halogens is 1. The maximum atomic E-state index is 12.3. The Morgan fingerprint density at radius 2 is 1.79 bits per heavy atom. The Bertz CT molecular complexity index is 922. The second-order valence-corrected chi connectivity index (χ2v) is 9.20. The molecule has 0 spiro atoms. The van der Waals surface area contributed by atoms with Crippen LogP contribution in [0.5, 0.6) is 5.75 Å². The SMILES string of the molecule is CC.CCC1CCC(C(=O)Nc2ccc(C)c(OC)c2)CC1.CCc1c(Br)cc(N)cc1C=O. The largest absolute Gasteiger partial charge is 0.496 e. The van der Waals surface area contributed by atoms with E-state index in [4.69, 9.17) is 10.5 Å². The van der Waals surface area contributed by atoms with Crippen molar-refractivity contribution in [2.45, 2.75) is 73.1 Å². The van der Waals surface area contributed by atoms with Gasteiger partial charge < -0.3 is 15.8 Å². The lowest BCUT2D eigenvalue weighted by atomic mass is 9.80. The number of aldehydes is 1. The van der Waals surface area contributed by atoms with Gasteiger partial charge in [0.15, 0.2) is 0 Å². The molecule has 5 nitrogen and oxygen atoms in total. The fourth-order valence-corrected chi connectivity index (χ4v) is 4.91. The Morgan fingerprint density at radius 3 is 2.32 bits per heavy atom. The zero-order chi connectivity index (χ0) is 25.7. The highest BCUT2D eigenvalue weighted by molar-refractivity contribution is 9.10. The van der Waals surface area contributed by atoms with Gasteiger partial charge in [-0.3, -0.25) is 9.59 Å². The smallest absolute Gasteiger partial charge is 0.227 e. The molecule has 3 rings (SSSR count). The highest BCUT2D eigenvalue weighted by Gasteiger charge is 2.25. The normalized spacial score (nSPS) is 16.8. The third kappa shape index (κ3) is 8.79. The number of carbonyl (C=O) groups excluding carboxylic acids is 2. The number of nitrogens with two attached hydrogens (primary N) is 1. The highest BCUT2D eigenvalue weighted by atomic mass is 79.9. The number of nitrogens with one attached hydrogen (secondary N) is 1. The van der Waals surface area contributed by atoms with Gasteiger partial charge in [-0.05, 0) is 74.3 Å². The van der Waals surface area contributed by atoms with Gasteiger partial charge in [-0.1, -0.05) is 56.1 Å². The van der Waals surface area contributed by atoms with E-state index in [0.717, 1.165) is 58.5 Å². The molecule has 34 heavy (non-hydrogen) atoms. The Hall–Kier alpha value is -2.34. The van der Waals surface area contributed by atoms with Crippen LogP contribution in [-0.2, 0) is 11.2 Å². The van der Waals surface area contributed by atoms with Crippen LogP contribution in [0.4, 0.5) is 11.4 Å². The van der Waals surface area contributed by atoms with Gasteiger partial charge in [-0.25, -0.2) is 0 Å². The summed E-state index contributed by atoms with van der Waals surface area (Å²) in [5.74, 6) is 1.96. The zero-order valence-electron chi connectivity index (χ0n) is 21.5. The Balaban J connectivity index is 0.000000353. The number of hydrogen-bond acceptors (Lipinski definition) is 4. The number of hydrogen-bond donors (Lipinski definition) is 2. The van der Waals surface area contributed by atoms with Crippen LogP contribution in [-0.4, -0.2) is 19.3 Å². The molecule has 1 aliphatic carbocycles. The van der Waals surface area contributed by atoms with E-state index >= 15 is 0 Å². The third-order valence-corrected chi connectivity index (χ3v) is 6.91. The summed E-state index contributed by atoms with van der Waals surface area (Å²) in [6.45, 7) is 10.2. The molecule has 0 unspecified atom stereocenters. The van der Waals surface area contributed by atoms with E-state index in [1.807, 2.05) is 52.0 Å². The topological polar surface area (TPSA) is 81.4 Å². The maximum absolute atomic E-state index is 12.3. The summed E-state index contributed by atoms with van der Waals surface area (Å²) in [4.78, 5) is 22.9. The van der Waals surface area contributed by atoms with Crippen LogP contribution >= 0.6 is 15.9 Å². The van der Waals surface area contributed by atoms with Gasteiger partial charge in [0.2, 0.25) is 5.91 Å². The number of aryl methyl sites for hydroxylation is 1. The number of ether oxygens (including phenoxy) is 1. The number of methoxy groups -OCH3 is 1. The summed E-state index contributed by atoms with van der Waals surface area (Å²) in [5.41, 5.74) is 9.77. The fraction of sp³-hybridized carbons (Fsp3) is 0.500. The molecule has 0 aromatic heterocycles. The van der Waals surface area contributed by atoms with E-state index in [0.29, 0.717) is 11.3 Å². The van der Waals surface area contributed by atoms with Gasteiger partial charge in [0.1, 0.15) is 12.0 Å². The van der Waals surface area contributed by atoms with Crippen LogP contribution in [0.3, 0.4) is 0 Å². The van der Waals surface area contributed by atoms with Gasteiger partial charge >= 0.3 is 0 Å². The number of nitrogen functional groups attached to an aromatic ring is 1. The quantitative estimate of drug-likeness (QED) is 0.296. The Kier molecular flexibility index (Phi) is 13.6. The van der Waals surface area contributed by atoms with E-state index in [-0.39, 0.29) is 11.8 Å². The summed E-state index contributed by atoms with van der Waals surface area (Å²) >= 11 is 3.36. The fourth-order valence-electron chi connectivity index (χ4n) is 4.13. The summed E-state index contributed by atoms with van der Waals surface area (Å²) in [6.07, 6.45) is 7.32. The van der Waals surface area contributed by atoms with Gasteiger partial charge in [0, 0.05) is 33.4 Å². The van der Waals surface area contributed by atoms with Crippen LogP contribution in [0, 0.1) is 18.8 Å². The lowest BCUT2D eigenvalue weighted by Gasteiger charge is -2.27.